The van der Waals surface area contributed by atoms with E-state index in [0.717, 1.165) is 13.0 Å². The summed E-state index contributed by atoms with van der Waals surface area (Å²) >= 11 is 0. The van der Waals surface area contributed by atoms with Crippen LogP contribution in [0, 0.1) is 0 Å². The molecule has 1 aromatic rings. The van der Waals surface area contributed by atoms with Crippen molar-refractivity contribution in [2.45, 2.75) is 6.42 Å². The Morgan fingerprint density at radius 3 is 2.67 bits per heavy atom. The molecular weight excluding hydrogens is 274 g/mol. The van der Waals surface area contributed by atoms with Crippen LogP contribution < -0.4 is 5.73 Å². The first kappa shape index (κ1) is 15.2. The van der Waals surface area contributed by atoms with Crippen LogP contribution >= 0.6 is 0 Å². The lowest BCUT2D eigenvalue weighted by Crippen LogP contribution is -2.39. The highest BCUT2D eigenvalue weighted by Gasteiger charge is 2.23. The smallest absolute Gasteiger partial charge is 0.291 e. The summed E-state index contributed by atoms with van der Waals surface area (Å²) in [6, 6.07) is 0. The topological polar surface area (TPSA) is 111 Å². The molecule has 0 aromatic carbocycles. The summed E-state index contributed by atoms with van der Waals surface area (Å²) < 4.78 is 0. The molecule has 0 aliphatic carbocycles. The van der Waals surface area contributed by atoms with Gasteiger partial charge in [-0.1, -0.05) is 0 Å². The van der Waals surface area contributed by atoms with E-state index in [0.29, 0.717) is 26.2 Å². The molecule has 0 bridgehead atoms. The number of likely N-dealkylation sites (N-methyl/N-ethyl adjacent to an activating group) is 1. The predicted octanol–water partition coefficient (Wildman–Crippen LogP) is -1.38. The van der Waals surface area contributed by atoms with Gasteiger partial charge >= 0.3 is 0 Å². The fourth-order valence-corrected chi connectivity index (χ4v) is 2.19. The van der Waals surface area contributed by atoms with Crippen LogP contribution in [0.1, 0.15) is 17.0 Å². The number of hydrogen-bond acceptors (Lipinski definition) is 6. The van der Waals surface area contributed by atoms with Crippen LogP contribution in [0.3, 0.4) is 0 Å². The monoisotopic (exact) mass is 295 g/mol. The lowest BCUT2D eigenvalue weighted by atomic mass is 10.3. The minimum absolute atomic E-state index is 0.0615. The van der Waals surface area contributed by atoms with Crippen molar-refractivity contribution in [3.8, 4) is 0 Å². The summed E-state index contributed by atoms with van der Waals surface area (Å²) in [5.74, 6) is 0.0782. The largest absolute Gasteiger partial charge is 0.366 e. The van der Waals surface area contributed by atoms with Crippen molar-refractivity contribution < 1.29 is 9.59 Å². The van der Waals surface area contributed by atoms with Gasteiger partial charge in [-0.15, -0.1) is 5.10 Å². The predicted molar refractivity (Wildman–Crippen MR) is 76.4 cm³/mol. The highest BCUT2D eigenvalue weighted by Crippen LogP contribution is 2.07. The Bertz CT molecular complexity index is 513. The van der Waals surface area contributed by atoms with Crippen LogP contribution in [0.5, 0.6) is 0 Å². The summed E-state index contributed by atoms with van der Waals surface area (Å²) in [5.41, 5.74) is 5.41. The summed E-state index contributed by atoms with van der Waals surface area (Å²) in [4.78, 5) is 33.2. The van der Waals surface area contributed by atoms with Crippen LogP contribution in [0.2, 0.25) is 0 Å². The molecule has 1 fully saturated rings. The quantitative estimate of drug-likeness (QED) is 0.711. The Labute approximate surface area is 123 Å². The van der Waals surface area contributed by atoms with Crippen molar-refractivity contribution in [2.24, 2.45) is 0 Å². The minimum atomic E-state index is -0.208. The summed E-state index contributed by atoms with van der Waals surface area (Å²) in [6.07, 6.45) is 0.816. The number of hydrogen-bond donors (Lipinski definition) is 2. The Balaban J connectivity index is 1.91. The van der Waals surface area contributed by atoms with Gasteiger partial charge in [0.2, 0.25) is 17.7 Å². The zero-order chi connectivity index (χ0) is 15.4. The van der Waals surface area contributed by atoms with Crippen LogP contribution in [-0.2, 0) is 4.79 Å². The number of nitrogens with zero attached hydrogens (tertiary/aromatic N) is 5. The zero-order valence-electron chi connectivity index (χ0n) is 12.4. The zero-order valence-corrected chi connectivity index (χ0v) is 12.4. The van der Waals surface area contributed by atoms with E-state index >= 15 is 0 Å². The van der Waals surface area contributed by atoms with Crippen molar-refractivity contribution in [1.29, 1.82) is 0 Å². The lowest BCUT2D eigenvalue weighted by Gasteiger charge is -2.22. The summed E-state index contributed by atoms with van der Waals surface area (Å²) in [6.45, 7) is 3.02. The molecule has 2 rings (SSSR count). The number of nitrogens with one attached hydrogen (secondary N) is 1. The Morgan fingerprint density at radius 1 is 1.29 bits per heavy atom. The van der Waals surface area contributed by atoms with Crippen molar-refractivity contribution in [1.82, 2.24) is 29.9 Å². The first-order valence-corrected chi connectivity index (χ1v) is 6.87. The maximum Gasteiger partial charge on any atom is 0.291 e. The average molecular weight is 295 g/mol. The molecule has 1 aliphatic heterocycles. The number of aromatic nitrogens is 3. The standard InChI is InChI=1S/C12H21N7O2/c1-17(2)9(20)8-18-4-3-5-19(7-6-18)11(21)10-14-12(13)16-15-10/h3-8H2,1-2H3,(H3,13,14,15,16). The van der Waals surface area contributed by atoms with E-state index in [2.05, 4.69) is 20.1 Å². The van der Waals surface area contributed by atoms with Crippen LogP contribution in [0.4, 0.5) is 5.95 Å². The Kier molecular flexibility index (Phi) is 4.73. The number of nitrogen functional groups attached to an aromatic ring is 1. The summed E-state index contributed by atoms with van der Waals surface area (Å²) in [7, 11) is 3.48. The van der Waals surface area contributed by atoms with E-state index in [1.807, 2.05) is 0 Å². The highest BCUT2D eigenvalue weighted by atomic mass is 16.2. The van der Waals surface area contributed by atoms with Gasteiger partial charge < -0.3 is 15.5 Å². The number of carbonyl (C=O) groups excluding carboxylic acids is 2. The molecular formula is C12H21N7O2. The average Bonchev–Trinajstić information content (AvgIpc) is 2.74. The molecule has 1 saturated heterocycles. The van der Waals surface area contributed by atoms with Gasteiger partial charge in [-0.3, -0.25) is 19.6 Å². The molecule has 9 nitrogen and oxygen atoms in total. The maximum atomic E-state index is 12.2. The van der Waals surface area contributed by atoms with Gasteiger partial charge in [-0.2, -0.15) is 4.98 Å². The Hall–Kier alpha value is -2.16. The van der Waals surface area contributed by atoms with E-state index in [4.69, 9.17) is 5.73 Å². The molecule has 9 heteroatoms. The minimum Gasteiger partial charge on any atom is -0.366 e. The third kappa shape index (κ3) is 3.91. The van der Waals surface area contributed by atoms with Crippen LogP contribution in [-0.4, -0.2) is 88.5 Å². The van der Waals surface area contributed by atoms with Gasteiger partial charge in [-0.25, -0.2) is 0 Å². The van der Waals surface area contributed by atoms with Crippen LogP contribution in [0.15, 0.2) is 0 Å². The second kappa shape index (κ2) is 6.53. The molecule has 0 atom stereocenters. The molecule has 0 spiro atoms. The van der Waals surface area contributed by atoms with E-state index < -0.39 is 0 Å². The van der Waals surface area contributed by atoms with Gasteiger partial charge in [0.05, 0.1) is 6.54 Å². The fourth-order valence-electron chi connectivity index (χ4n) is 2.19. The third-order valence-corrected chi connectivity index (χ3v) is 3.44. The molecule has 2 heterocycles. The molecule has 1 aromatic heterocycles. The number of amides is 2. The van der Waals surface area contributed by atoms with Gasteiger partial charge in [0.1, 0.15) is 0 Å². The van der Waals surface area contributed by atoms with E-state index in [9.17, 15) is 9.59 Å². The second-order valence-electron chi connectivity index (χ2n) is 5.25. The SMILES string of the molecule is CN(C)C(=O)CN1CCCN(C(=O)c2nc(N)n[nH]2)CC1. The van der Waals surface area contributed by atoms with Gasteiger partial charge in [0, 0.05) is 40.3 Å². The molecule has 1 aliphatic rings. The Morgan fingerprint density at radius 2 is 2.05 bits per heavy atom. The van der Waals surface area contributed by atoms with E-state index in [-0.39, 0.29) is 23.6 Å². The van der Waals surface area contributed by atoms with Crippen molar-refractivity contribution >= 4 is 17.8 Å². The van der Waals surface area contributed by atoms with Crippen LogP contribution in [0.25, 0.3) is 0 Å². The van der Waals surface area contributed by atoms with E-state index in [1.165, 1.54) is 0 Å². The third-order valence-electron chi connectivity index (χ3n) is 3.44. The molecule has 116 valence electrons. The van der Waals surface area contributed by atoms with Crippen molar-refractivity contribution in [3.05, 3.63) is 5.82 Å². The lowest BCUT2D eigenvalue weighted by molar-refractivity contribution is -0.129. The van der Waals surface area contributed by atoms with Crippen molar-refractivity contribution in [2.75, 3.05) is 52.6 Å². The molecule has 0 saturated carbocycles. The van der Waals surface area contributed by atoms with Crippen molar-refractivity contribution in [3.63, 3.8) is 0 Å². The number of carbonyl (C=O) groups is 2. The number of anilines is 1. The second-order valence-corrected chi connectivity index (χ2v) is 5.25. The van der Waals surface area contributed by atoms with Gasteiger partial charge in [-0.05, 0) is 6.42 Å². The summed E-state index contributed by atoms with van der Waals surface area (Å²) in [5, 5.41) is 6.19. The normalized spacial score (nSPS) is 16.6. The number of aromatic amines is 1. The number of H-pyrrole nitrogens is 1. The highest BCUT2D eigenvalue weighted by molar-refractivity contribution is 5.90. The molecule has 21 heavy (non-hydrogen) atoms. The van der Waals surface area contributed by atoms with Gasteiger partial charge in [0.15, 0.2) is 0 Å². The first-order valence-electron chi connectivity index (χ1n) is 6.87. The molecule has 0 unspecified atom stereocenters. The van der Waals surface area contributed by atoms with E-state index in [1.54, 1.807) is 23.9 Å². The number of rotatable bonds is 3. The van der Waals surface area contributed by atoms with Gasteiger partial charge in [0.25, 0.3) is 5.91 Å². The molecule has 2 amide bonds. The fraction of sp³-hybridized carbons (Fsp3) is 0.667. The maximum absolute atomic E-state index is 12.2. The first-order chi connectivity index (χ1) is 9.97. The molecule has 3 N–H and O–H groups in total. The molecule has 0 radical (unpaired) electrons. The number of nitrogens with two attached hydrogens (primary N) is 1.